The molecule has 1 N–H and O–H groups in total. The largest absolute Gasteiger partial charge is 0.433 e. The lowest BCUT2D eigenvalue weighted by Gasteiger charge is -2.29. The summed E-state index contributed by atoms with van der Waals surface area (Å²) in [5.74, 6) is -0.122. The Bertz CT molecular complexity index is 1350. The van der Waals surface area contributed by atoms with Crippen LogP contribution in [-0.4, -0.2) is 38.7 Å². The molecule has 0 saturated carbocycles. The number of amides is 1. The number of piperidine rings is 1. The van der Waals surface area contributed by atoms with Gasteiger partial charge < -0.3 is 10.2 Å². The van der Waals surface area contributed by atoms with Crippen molar-refractivity contribution in [3.63, 3.8) is 0 Å². The highest BCUT2D eigenvalue weighted by molar-refractivity contribution is 6.04. The number of hydrogen-bond acceptors (Lipinski definition) is 5. The quantitative estimate of drug-likeness (QED) is 0.393. The topological polar surface area (TPSA) is 75.9 Å². The van der Waals surface area contributed by atoms with Gasteiger partial charge in [-0.3, -0.25) is 9.78 Å². The monoisotopic (exact) mass is 492 g/mol. The first kappa shape index (κ1) is 23.5. The lowest BCUT2D eigenvalue weighted by atomic mass is 10.1. The summed E-state index contributed by atoms with van der Waals surface area (Å²) in [5, 5.41) is 6.85. The highest BCUT2D eigenvalue weighted by Gasteiger charge is 2.36. The van der Waals surface area contributed by atoms with Crippen LogP contribution in [0, 0.1) is 0 Å². The third-order valence-electron chi connectivity index (χ3n) is 6.02. The minimum absolute atomic E-state index is 0.113. The maximum absolute atomic E-state index is 13.7. The van der Waals surface area contributed by atoms with Crippen molar-refractivity contribution in [3.8, 4) is 16.9 Å². The predicted octanol–water partition coefficient (Wildman–Crippen LogP) is 5.59. The Morgan fingerprint density at radius 2 is 1.75 bits per heavy atom. The molecule has 1 amide bonds. The molecule has 1 aromatic carbocycles. The van der Waals surface area contributed by atoms with Crippen molar-refractivity contribution < 1.29 is 18.0 Å². The number of aromatic nitrogens is 4. The number of alkyl halides is 3. The Balaban J connectivity index is 1.36. The normalized spacial score (nSPS) is 14.0. The van der Waals surface area contributed by atoms with Gasteiger partial charge in [0, 0.05) is 42.3 Å². The van der Waals surface area contributed by atoms with Crippen molar-refractivity contribution in [2.75, 3.05) is 23.3 Å². The summed E-state index contributed by atoms with van der Waals surface area (Å²) in [6.07, 6.45) is 3.07. The smallest absolute Gasteiger partial charge is 0.372 e. The van der Waals surface area contributed by atoms with Gasteiger partial charge in [-0.15, -0.1) is 0 Å². The molecule has 1 aliphatic rings. The van der Waals surface area contributed by atoms with Crippen LogP contribution >= 0.6 is 0 Å². The molecule has 0 atom stereocenters. The fourth-order valence-corrected chi connectivity index (χ4v) is 4.20. The number of nitrogens with zero attached hydrogens (tertiary/aromatic N) is 5. The van der Waals surface area contributed by atoms with Crippen molar-refractivity contribution in [2.45, 2.75) is 25.4 Å². The van der Waals surface area contributed by atoms with Crippen LogP contribution in [0.2, 0.25) is 0 Å². The van der Waals surface area contributed by atoms with Crippen LogP contribution in [0.1, 0.15) is 35.3 Å². The number of anilines is 2. The van der Waals surface area contributed by atoms with E-state index in [1.807, 2.05) is 18.2 Å². The van der Waals surface area contributed by atoms with Gasteiger partial charge in [0.15, 0.2) is 0 Å². The van der Waals surface area contributed by atoms with Gasteiger partial charge in [0.1, 0.15) is 11.5 Å². The summed E-state index contributed by atoms with van der Waals surface area (Å²) in [4.78, 5) is 23.2. The number of hydrogen-bond donors (Lipinski definition) is 1. The molecule has 1 aliphatic heterocycles. The van der Waals surface area contributed by atoms with Gasteiger partial charge in [-0.25, -0.2) is 9.67 Å². The van der Waals surface area contributed by atoms with Gasteiger partial charge in [-0.2, -0.15) is 18.3 Å². The zero-order valence-corrected chi connectivity index (χ0v) is 19.2. The first-order chi connectivity index (χ1) is 17.4. The molecule has 36 heavy (non-hydrogen) atoms. The van der Waals surface area contributed by atoms with E-state index in [9.17, 15) is 18.0 Å². The van der Waals surface area contributed by atoms with Crippen LogP contribution in [0.25, 0.3) is 16.9 Å². The molecule has 10 heteroatoms. The molecule has 1 saturated heterocycles. The molecule has 0 aliphatic carbocycles. The Kier molecular flexibility index (Phi) is 6.41. The lowest BCUT2D eigenvalue weighted by Crippen LogP contribution is -2.29. The van der Waals surface area contributed by atoms with E-state index in [1.54, 1.807) is 18.2 Å². The van der Waals surface area contributed by atoms with E-state index in [0.29, 0.717) is 11.1 Å². The molecule has 3 aromatic heterocycles. The Morgan fingerprint density at radius 1 is 0.917 bits per heavy atom. The second-order valence-corrected chi connectivity index (χ2v) is 8.52. The molecule has 0 unspecified atom stereocenters. The van der Waals surface area contributed by atoms with Crippen LogP contribution < -0.4 is 10.2 Å². The van der Waals surface area contributed by atoms with Gasteiger partial charge in [-0.1, -0.05) is 6.07 Å². The minimum atomic E-state index is -4.63. The highest BCUT2D eigenvalue weighted by Crippen LogP contribution is 2.34. The van der Waals surface area contributed by atoms with Gasteiger partial charge in [0.05, 0.1) is 17.6 Å². The summed E-state index contributed by atoms with van der Waals surface area (Å²) in [7, 11) is 0. The van der Waals surface area contributed by atoms with Gasteiger partial charge in [0.25, 0.3) is 5.91 Å². The van der Waals surface area contributed by atoms with Gasteiger partial charge in [-0.05, 0) is 67.8 Å². The summed E-state index contributed by atoms with van der Waals surface area (Å²) in [6.45, 7) is 1.92. The number of benzene rings is 1. The Hall–Kier alpha value is -4.21. The van der Waals surface area contributed by atoms with Crippen molar-refractivity contribution in [3.05, 3.63) is 84.4 Å². The van der Waals surface area contributed by atoms with E-state index in [0.717, 1.165) is 42.4 Å². The van der Waals surface area contributed by atoms with E-state index in [2.05, 4.69) is 25.3 Å². The molecule has 7 nitrogen and oxygen atoms in total. The SMILES string of the molecule is O=C(Nc1ccc(-n2nc(-c3cccnc3)cc2C(F)(F)F)cn1)c1cccc(N2CCCCC2)c1. The second kappa shape index (κ2) is 9.80. The van der Waals surface area contributed by atoms with Crippen molar-refractivity contribution in [2.24, 2.45) is 0 Å². The first-order valence-corrected chi connectivity index (χ1v) is 11.6. The maximum atomic E-state index is 13.7. The molecular weight excluding hydrogens is 469 g/mol. The molecule has 4 heterocycles. The number of rotatable bonds is 5. The van der Waals surface area contributed by atoms with Crippen molar-refractivity contribution in [1.29, 1.82) is 0 Å². The van der Waals surface area contributed by atoms with Crippen molar-refractivity contribution in [1.82, 2.24) is 19.7 Å². The number of halogens is 3. The zero-order chi connectivity index (χ0) is 25.1. The maximum Gasteiger partial charge on any atom is 0.433 e. The number of nitrogens with one attached hydrogen (secondary N) is 1. The lowest BCUT2D eigenvalue weighted by molar-refractivity contribution is -0.142. The molecule has 0 bridgehead atoms. The van der Waals surface area contributed by atoms with Gasteiger partial charge in [0.2, 0.25) is 0 Å². The summed E-state index contributed by atoms with van der Waals surface area (Å²) in [5.41, 5.74) is 1.26. The van der Waals surface area contributed by atoms with Crippen molar-refractivity contribution >= 4 is 17.4 Å². The molecular formula is C26H23F3N6O. The predicted molar refractivity (Wildman–Crippen MR) is 130 cm³/mol. The standard InChI is InChI=1S/C26H23F3N6O/c27-26(28,29)23-15-22(19-7-5-11-30-16-19)33-35(23)21-9-10-24(31-17-21)32-25(36)18-6-4-8-20(14-18)34-12-2-1-3-13-34/h4-11,14-17H,1-3,12-13H2,(H,31,32,36). The number of carbonyl (C=O) groups is 1. The minimum Gasteiger partial charge on any atom is -0.372 e. The van der Waals surface area contributed by atoms with E-state index < -0.39 is 11.9 Å². The number of pyridine rings is 2. The van der Waals surface area contributed by atoms with E-state index in [-0.39, 0.29) is 23.1 Å². The zero-order valence-electron chi connectivity index (χ0n) is 19.2. The van der Waals surface area contributed by atoms with E-state index in [1.165, 1.54) is 37.1 Å². The average molecular weight is 493 g/mol. The summed E-state index contributed by atoms with van der Waals surface area (Å²) in [6, 6.07) is 14.5. The first-order valence-electron chi connectivity index (χ1n) is 11.6. The van der Waals surface area contributed by atoms with Crippen LogP contribution in [0.3, 0.4) is 0 Å². The van der Waals surface area contributed by atoms with Crippen LogP contribution in [-0.2, 0) is 6.18 Å². The van der Waals surface area contributed by atoms with Gasteiger partial charge >= 0.3 is 6.18 Å². The average Bonchev–Trinajstić information content (AvgIpc) is 3.37. The number of carbonyl (C=O) groups excluding carboxylic acids is 1. The fourth-order valence-electron chi connectivity index (χ4n) is 4.20. The molecule has 0 spiro atoms. The highest BCUT2D eigenvalue weighted by atomic mass is 19.4. The van der Waals surface area contributed by atoms with Crippen LogP contribution in [0.15, 0.2) is 73.2 Å². The summed E-state index contributed by atoms with van der Waals surface area (Å²) < 4.78 is 41.9. The molecule has 5 rings (SSSR count). The molecule has 0 radical (unpaired) electrons. The third kappa shape index (κ3) is 5.07. The molecule has 4 aromatic rings. The second-order valence-electron chi connectivity index (χ2n) is 8.52. The third-order valence-corrected chi connectivity index (χ3v) is 6.02. The van der Waals surface area contributed by atoms with Crippen LogP contribution in [0.5, 0.6) is 0 Å². The van der Waals surface area contributed by atoms with E-state index in [4.69, 9.17) is 0 Å². The molecule has 184 valence electrons. The van der Waals surface area contributed by atoms with E-state index >= 15 is 0 Å². The fraction of sp³-hybridized carbons (Fsp3) is 0.231. The van der Waals surface area contributed by atoms with Crippen LogP contribution in [0.4, 0.5) is 24.7 Å². The Labute approximate surface area is 205 Å². The molecule has 1 fully saturated rings. The Morgan fingerprint density at radius 3 is 2.44 bits per heavy atom. The summed E-state index contributed by atoms with van der Waals surface area (Å²) >= 11 is 0.